The number of alkyl carbamates (subject to hydrolysis) is 1. The average molecular weight is 237 g/mol. The minimum Gasteiger partial charge on any atom is -0.450 e. The van der Waals surface area contributed by atoms with Crippen molar-refractivity contribution in [3.05, 3.63) is 0 Å². The van der Waals surface area contributed by atoms with Crippen LogP contribution in [-0.2, 0) is 4.74 Å². The molecule has 17 heavy (non-hydrogen) atoms. The largest absolute Gasteiger partial charge is 0.450 e. The van der Waals surface area contributed by atoms with Gasteiger partial charge in [0.15, 0.2) is 0 Å². The number of nitrogens with one attached hydrogen (secondary N) is 1. The number of amides is 1. The first kappa shape index (κ1) is 11.4. The van der Waals surface area contributed by atoms with E-state index < -0.39 is 0 Å². The van der Waals surface area contributed by atoms with Crippen LogP contribution in [0.2, 0.25) is 0 Å². The molecular formula is C14H23NO2. The zero-order valence-electron chi connectivity index (χ0n) is 10.7. The molecule has 4 saturated carbocycles. The van der Waals surface area contributed by atoms with E-state index in [2.05, 4.69) is 5.32 Å². The summed E-state index contributed by atoms with van der Waals surface area (Å²) in [7, 11) is 0. The van der Waals surface area contributed by atoms with Crippen LogP contribution in [0.4, 0.5) is 4.79 Å². The van der Waals surface area contributed by atoms with Gasteiger partial charge in [-0.05, 0) is 62.7 Å². The van der Waals surface area contributed by atoms with Gasteiger partial charge >= 0.3 is 6.09 Å². The van der Waals surface area contributed by atoms with Gasteiger partial charge in [-0.2, -0.15) is 0 Å². The van der Waals surface area contributed by atoms with Gasteiger partial charge in [0.1, 0.15) is 0 Å². The van der Waals surface area contributed by atoms with Crippen molar-refractivity contribution in [2.45, 2.75) is 57.4 Å². The first-order valence-electron chi connectivity index (χ1n) is 7.14. The number of carbonyl (C=O) groups is 1. The van der Waals surface area contributed by atoms with Gasteiger partial charge in [0.2, 0.25) is 0 Å². The Hall–Kier alpha value is -0.730. The molecule has 0 atom stereocenters. The van der Waals surface area contributed by atoms with Gasteiger partial charge in [-0.25, -0.2) is 4.79 Å². The standard InChI is InChI=1S/C14H23NO2/c1-2-3-17-13(16)15-14-7-10-4-11(8-14)6-12(5-10)9-14/h10-12H,2-9H2,1H3,(H,15,16). The molecule has 0 aromatic carbocycles. The summed E-state index contributed by atoms with van der Waals surface area (Å²) < 4.78 is 5.18. The van der Waals surface area contributed by atoms with E-state index in [9.17, 15) is 4.79 Å². The third kappa shape index (κ3) is 2.16. The van der Waals surface area contributed by atoms with Crippen molar-refractivity contribution in [1.29, 1.82) is 0 Å². The van der Waals surface area contributed by atoms with E-state index in [1.807, 2.05) is 6.92 Å². The van der Waals surface area contributed by atoms with Crippen LogP contribution in [0.5, 0.6) is 0 Å². The molecule has 0 saturated heterocycles. The highest BCUT2D eigenvalue weighted by atomic mass is 16.5. The normalized spacial score (nSPS) is 42.5. The summed E-state index contributed by atoms with van der Waals surface area (Å²) in [4.78, 5) is 11.8. The first-order chi connectivity index (χ1) is 8.19. The fourth-order valence-electron chi connectivity index (χ4n) is 4.71. The smallest absolute Gasteiger partial charge is 0.407 e. The molecule has 0 unspecified atom stereocenters. The number of rotatable bonds is 3. The Morgan fingerprint density at radius 1 is 1.18 bits per heavy atom. The van der Waals surface area contributed by atoms with Crippen LogP contribution >= 0.6 is 0 Å². The molecule has 0 aliphatic heterocycles. The number of hydrogen-bond donors (Lipinski definition) is 1. The number of carbonyl (C=O) groups excluding carboxylic acids is 1. The molecule has 0 spiro atoms. The van der Waals surface area contributed by atoms with Crippen LogP contribution in [0.15, 0.2) is 0 Å². The summed E-state index contributed by atoms with van der Waals surface area (Å²) in [6.07, 6.45) is 8.52. The Kier molecular flexibility index (Phi) is 2.80. The molecule has 96 valence electrons. The molecular weight excluding hydrogens is 214 g/mol. The molecule has 0 radical (unpaired) electrons. The Morgan fingerprint density at radius 3 is 2.18 bits per heavy atom. The van der Waals surface area contributed by atoms with Crippen molar-refractivity contribution in [2.24, 2.45) is 17.8 Å². The molecule has 0 aromatic rings. The predicted octanol–water partition coefficient (Wildman–Crippen LogP) is 3.09. The minimum absolute atomic E-state index is 0.0968. The second-order valence-corrected chi connectivity index (χ2v) is 6.46. The van der Waals surface area contributed by atoms with Gasteiger partial charge in [0, 0.05) is 5.54 Å². The van der Waals surface area contributed by atoms with E-state index in [1.54, 1.807) is 0 Å². The monoisotopic (exact) mass is 237 g/mol. The van der Waals surface area contributed by atoms with Crippen LogP contribution in [0.25, 0.3) is 0 Å². The van der Waals surface area contributed by atoms with E-state index in [0.29, 0.717) is 6.61 Å². The highest BCUT2D eigenvalue weighted by molar-refractivity contribution is 5.68. The highest BCUT2D eigenvalue weighted by Gasteiger charge is 2.51. The molecule has 4 fully saturated rings. The minimum atomic E-state index is -0.186. The summed E-state index contributed by atoms with van der Waals surface area (Å²) in [5.74, 6) is 2.60. The highest BCUT2D eigenvalue weighted by Crippen LogP contribution is 2.55. The molecule has 4 bridgehead atoms. The van der Waals surface area contributed by atoms with Crippen LogP contribution < -0.4 is 5.32 Å². The quantitative estimate of drug-likeness (QED) is 0.819. The zero-order chi connectivity index (χ0) is 11.9. The van der Waals surface area contributed by atoms with Gasteiger partial charge < -0.3 is 10.1 Å². The van der Waals surface area contributed by atoms with E-state index >= 15 is 0 Å². The maximum Gasteiger partial charge on any atom is 0.407 e. The van der Waals surface area contributed by atoms with Crippen molar-refractivity contribution >= 4 is 6.09 Å². The molecule has 3 heteroatoms. The van der Waals surface area contributed by atoms with Crippen molar-refractivity contribution in [3.8, 4) is 0 Å². The zero-order valence-corrected chi connectivity index (χ0v) is 10.7. The SMILES string of the molecule is CCCOC(=O)NC12CC3CC(CC(C3)C1)C2. The van der Waals surface area contributed by atoms with E-state index in [1.165, 1.54) is 38.5 Å². The lowest BCUT2D eigenvalue weighted by Gasteiger charge is -2.56. The fourth-order valence-corrected chi connectivity index (χ4v) is 4.71. The van der Waals surface area contributed by atoms with E-state index in [-0.39, 0.29) is 11.6 Å². The maximum atomic E-state index is 11.8. The Labute approximate surface area is 103 Å². The summed E-state index contributed by atoms with van der Waals surface area (Å²) in [5.41, 5.74) is 0.0968. The van der Waals surface area contributed by atoms with Gasteiger partial charge in [-0.3, -0.25) is 0 Å². The molecule has 1 amide bonds. The second-order valence-electron chi connectivity index (χ2n) is 6.46. The topological polar surface area (TPSA) is 38.3 Å². The summed E-state index contributed by atoms with van der Waals surface area (Å²) in [5, 5.41) is 3.20. The van der Waals surface area contributed by atoms with Crippen LogP contribution in [0.1, 0.15) is 51.9 Å². The molecule has 4 aliphatic carbocycles. The van der Waals surface area contributed by atoms with Crippen LogP contribution in [-0.4, -0.2) is 18.2 Å². The van der Waals surface area contributed by atoms with Crippen molar-refractivity contribution < 1.29 is 9.53 Å². The summed E-state index contributed by atoms with van der Waals surface area (Å²) in [6, 6.07) is 0. The molecule has 4 rings (SSSR count). The second kappa shape index (κ2) is 4.18. The molecule has 1 N–H and O–H groups in total. The van der Waals surface area contributed by atoms with Crippen molar-refractivity contribution in [3.63, 3.8) is 0 Å². The van der Waals surface area contributed by atoms with Crippen LogP contribution in [0, 0.1) is 17.8 Å². The number of ether oxygens (including phenoxy) is 1. The molecule has 4 aliphatic rings. The van der Waals surface area contributed by atoms with Crippen molar-refractivity contribution in [1.82, 2.24) is 5.32 Å². The first-order valence-corrected chi connectivity index (χ1v) is 7.14. The van der Waals surface area contributed by atoms with Gasteiger partial charge in [0.05, 0.1) is 6.61 Å². The average Bonchev–Trinajstić information content (AvgIpc) is 2.23. The molecule has 3 nitrogen and oxygen atoms in total. The van der Waals surface area contributed by atoms with Crippen molar-refractivity contribution in [2.75, 3.05) is 6.61 Å². The third-order valence-electron chi connectivity index (χ3n) is 4.84. The van der Waals surface area contributed by atoms with E-state index in [0.717, 1.165) is 24.2 Å². The van der Waals surface area contributed by atoms with E-state index in [4.69, 9.17) is 4.74 Å². The summed E-state index contributed by atoms with van der Waals surface area (Å²) >= 11 is 0. The number of hydrogen-bond acceptors (Lipinski definition) is 2. The fraction of sp³-hybridized carbons (Fsp3) is 0.929. The lowest BCUT2D eigenvalue weighted by Crippen LogP contribution is -2.59. The predicted molar refractivity (Wildman–Crippen MR) is 65.7 cm³/mol. The van der Waals surface area contributed by atoms with Gasteiger partial charge in [0.25, 0.3) is 0 Å². The maximum absolute atomic E-state index is 11.8. The molecule has 0 heterocycles. The van der Waals surface area contributed by atoms with Gasteiger partial charge in [-0.1, -0.05) is 6.92 Å². The lowest BCUT2D eigenvalue weighted by molar-refractivity contribution is -0.0190. The lowest BCUT2D eigenvalue weighted by atomic mass is 9.53. The summed E-state index contributed by atoms with van der Waals surface area (Å²) in [6.45, 7) is 2.57. The van der Waals surface area contributed by atoms with Crippen LogP contribution in [0.3, 0.4) is 0 Å². The Balaban J connectivity index is 1.64. The Bertz CT molecular complexity index is 278. The third-order valence-corrected chi connectivity index (χ3v) is 4.84. The molecule has 0 aromatic heterocycles. The Morgan fingerprint density at radius 2 is 1.71 bits per heavy atom. The van der Waals surface area contributed by atoms with Gasteiger partial charge in [-0.15, -0.1) is 0 Å².